The second-order valence-electron chi connectivity index (χ2n) is 2.71. The summed E-state index contributed by atoms with van der Waals surface area (Å²) in [6.45, 7) is 0. The lowest BCUT2D eigenvalue weighted by atomic mass is 10.2. The first-order chi connectivity index (χ1) is 7.11. The van der Waals surface area contributed by atoms with Crippen LogP contribution in [0.3, 0.4) is 0 Å². The van der Waals surface area contributed by atoms with Gasteiger partial charge in [-0.1, -0.05) is 11.6 Å². The first kappa shape index (κ1) is 9.72. The van der Waals surface area contributed by atoms with Crippen molar-refractivity contribution in [2.24, 2.45) is 0 Å². The number of hydrogen-bond acceptors (Lipinski definition) is 4. The number of rotatable bonds is 1. The average molecular weight is 228 g/mol. The number of non-ortho nitro benzene ring substituents is 1. The van der Waals surface area contributed by atoms with E-state index in [-0.39, 0.29) is 21.7 Å². The van der Waals surface area contributed by atoms with Gasteiger partial charge in [0, 0.05) is 6.07 Å². The Balaban J connectivity index is 2.96. The fourth-order valence-corrected chi connectivity index (χ4v) is 1.47. The van der Waals surface area contributed by atoms with Gasteiger partial charge in [-0.3, -0.25) is 10.1 Å². The summed E-state index contributed by atoms with van der Waals surface area (Å²) in [5.74, 6) is -0.667. The average Bonchev–Trinajstić information content (AvgIpc) is 2.19. The molecule has 0 bridgehead atoms. The van der Waals surface area contributed by atoms with Gasteiger partial charge < -0.3 is 0 Å². The van der Waals surface area contributed by atoms with E-state index in [4.69, 9.17) is 11.6 Å². The minimum absolute atomic E-state index is 0.0795. The molecule has 15 heavy (non-hydrogen) atoms. The highest BCUT2D eigenvalue weighted by molar-refractivity contribution is 6.34. The Morgan fingerprint density at radius 1 is 1.40 bits per heavy atom. The van der Waals surface area contributed by atoms with Crippen molar-refractivity contribution in [3.63, 3.8) is 0 Å². The predicted octanol–water partition coefficient (Wildman–Crippen LogP) is 2.33. The minimum atomic E-state index is -0.667. The van der Waals surface area contributed by atoms with Gasteiger partial charge in [0.05, 0.1) is 4.92 Å². The van der Waals surface area contributed by atoms with Crippen LogP contribution in [0.15, 0.2) is 18.5 Å². The molecule has 0 aliphatic carbocycles. The number of nitrogens with zero attached hydrogens (tertiary/aromatic N) is 3. The highest BCUT2D eigenvalue weighted by Crippen LogP contribution is 2.30. The zero-order valence-corrected chi connectivity index (χ0v) is 7.90. The van der Waals surface area contributed by atoms with E-state index in [0.717, 1.165) is 18.5 Å². The Morgan fingerprint density at radius 3 is 2.80 bits per heavy atom. The van der Waals surface area contributed by atoms with E-state index in [1.165, 1.54) is 0 Å². The molecular formula is C8H3ClFN3O2. The number of nitro benzene ring substituents is 1. The summed E-state index contributed by atoms with van der Waals surface area (Å²) in [4.78, 5) is 17.2. The van der Waals surface area contributed by atoms with E-state index >= 15 is 0 Å². The van der Waals surface area contributed by atoms with Crippen LogP contribution in [0.2, 0.25) is 5.15 Å². The summed E-state index contributed by atoms with van der Waals surface area (Å²) in [6.07, 6.45) is 1.05. The van der Waals surface area contributed by atoms with Crippen molar-refractivity contribution in [2.75, 3.05) is 0 Å². The van der Waals surface area contributed by atoms with Gasteiger partial charge in [-0.25, -0.2) is 14.4 Å². The summed E-state index contributed by atoms with van der Waals surface area (Å²) in [7, 11) is 0. The van der Waals surface area contributed by atoms with Crippen molar-refractivity contribution < 1.29 is 9.31 Å². The Labute approximate surface area is 87.7 Å². The lowest BCUT2D eigenvalue weighted by Crippen LogP contribution is -1.94. The summed E-state index contributed by atoms with van der Waals surface area (Å²) in [5, 5.41) is 10.4. The SMILES string of the molecule is O=[N+]([O-])c1ccc(F)c2ncnc(Cl)c12. The maximum Gasteiger partial charge on any atom is 0.282 e. The Bertz CT molecular complexity index is 561. The van der Waals surface area contributed by atoms with Gasteiger partial charge in [-0.2, -0.15) is 0 Å². The molecule has 0 fully saturated rings. The molecule has 0 spiro atoms. The molecule has 1 heterocycles. The molecule has 0 saturated heterocycles. The molecule has 76 valence electrons. The molecule has 1 aromatic carbocycles. The van der Waals surface area contributed by atoms with Gasteiger partial charge in [0.15, 0.2) is 0 Å². The largest absolute Gasteiger partial charge is 0.282 e. The van der Waals surface area contributed by atoms with Gasteiger partial charge in [-0.15, -0.1) is 0 Å². The smallest absolute Gasteiger partial charge is 0.258 e. The molecule has 0 unspecified atom stereocenters. The fraction of sp³-hybridized carbons (Fsp3) is 0. The van der Waals surface area contributed by atoms with Crippen LogP contribution < -0.4 is 0 Å². The molecule has 0 radical (unpaired) electrons. The van der Waals surface area contributed by atoms with Crippen LogP contribution in [0, 0.1) is 15.9 Å². The van der Waals surface area contributed by atoms with E-state index in [1.54, 1.807) is 0 Å². The van der Waals surface area contributed by atoms with Crippen LogP contribution in [0.5, 0.6) is 0 Å². The quantitative estimate of drug-likeness (QED) is 0.426. The number of halogens is 2. The van der Waals surface area contributed by atoms with Crippen molar-refractivity contribution in [1.82, 2.24) is 9.97 Å². The van der Waals surface area contributed by atoms with E-state index in [0.29, 0.717) is 0 Å². The van der Waals surface area contributed by atoms with Crippen molar-refractivity contribution in [3.05, 3.63) is 39.5 Å². The molecule has 0 atom stereocenters. The second kappa shape index (κ2) is 3.39. The van der Waals surface area contributed by atoms with E-state index in [2.05, 4.69) is 9.97 Å². The highest BCUT2D eigenvalue weighted by Gasteiger charge is 2.18. The van der Waals surface area contributed by atoms with Crippen LogP contribution in [0.1, 0.15) is 0 Å². The third kappa shape index (κ3) is 1.48. The van der Waals surface area contributed by atoms with Crippen LogP contribution in [0.25, 0.3) is 10.9 Å². The molecule has 2 aromatic rings. The maximum atomic E-state index is 13.2. The van der Waals surface area contributed by atoms with Crippen molar-refractivity contribution in [3.8, 4) is 0 Å². The maximum absolute atomic E-state index is 13.2. The van der Waals surface area contributed by atoms with Crippen LogP contribution in [0.4, 0.5) is 10.1 Å². The summed E-state index contributed by atoms with van der Waals surface area (Å²) in [6, 6.07) is 2.01. The van der Waals surface area contributed by atoms with Crippen LogP contribution in [-0.2, 0) is 0 Å². The monoisotopic (exact) mass is 227 g/mol. The fourth-order valence-electron chi connectivity index (χ4n) is 1.24. The molecule has 2 rings (SSSR count). The first-order valence-electron chi connectivity index (χ1n) is 3.84. The second-order valence-corrected chi connectivity index (χ2v) is 3.07. The molecule has 0 aliphatic rings. The van der Waals surface area contributed by atoms with Crippen molar-refractivity contribution in [1.29, 1.82) is 0 Å². The van der Waals surface area contributed by atoms with Gasteiger partial charge >= 0.3 is 0 Å². The lowest BCUT2D eigenvalue weighted by molar-refractivity contribution is -0.383. The Hall–Kier alpha value is -1.82. The Kier molecular flexibility index (Phi) is 2.20. The molecule has 5 nitrogen and oxygen atoms in total. The molecule has 1 aromatic heterocycles. The van der Waals surface area contributed by atoms with Gasteiger partial charge in [0.25, 0.3) is 5.69 Å². The zero-order chi connectivity index (χ0) is 11.0. The number of fused-ring (bicyclic) bond motifs is 1. The number of nitro groups is 1. The van der Waals surface area contributed by atoms with Crippen LogP contribution >= 0.6 is 11.6 Å². The first-order valence-corrected chi connectivity index (χ1v) is 4.22. The molecule has 0 saturated carbocycles. The number of hydrogen-bond donors (Lipinski definition) is 0. The third-order valence-corrected chi connectivity index (χ3v) is 2.15. The topological polar surface area (TPSA) is 68.9 Å². The zero-order valence-electron chi connectivity index (χ0n) is 7.15. The molecule has 7 heteroatoms. The summed E-state index contributed by atoms with van der Waals surface area (Å²) < 4.78 is 13.2. The van der Waals surface area contributed by atoms with E-state index < -0.39 is 10.7 Å². The van der Waals surface area contributed by atoms with E-state index in [9.17, 15) is 14.5 Å². The predicted molar refractivity (Wildman–Crippen MR) is 51.2 cm³/mol. The van der Waals surface area contributed by atoms with Gasteiger partial charge in [0.2, 0.25) is 0 Å². The van der Waals surface area contributed by atoms with E-state index in [1.807, 2.05) is 0 Å². The standard InChI is InChI=1S/C8H3ClFN3O2/c9-8-6-5(13(14)15)2-1-4(10)7(6)11-3-12-8/h1-3H. The molecule has 0 aliphatic heterocycles. The third-order valence-electron chi connectivity index (χ3n) is 1.87. The number of benzene rings is 1. The molecular weight excluding hydrogens is 225 g/mol. The normalized spacial score (nSPS) is 10.5. The lowest BCUT2D eigenvalue weighted by Gasteiger charge is -2.00. The van der Waals surface area contributed by atoms with Gasteiger partial charge in [-0.05, 0) is 6.07 Å². The molecule has 0 N–H and O–H groups in total. The molecule has 0 amide bonds. The van der Waals surface area contributed by atoms with Crippen molar-refractivity contribution >= 4 is 28.2 Å². The summed E-state index contributed by atoms with van der Waals surface area (Å²) >= 11 is 5.66. The Morgan fingerprint density at radius 2 is 2.13 bits per heavy atom. The minimum Gasteiger partial charge on any atom is -0.258 e. The van der Waals surface area contributed by atoms with Crippen LogP contribution in [-0.4, -0.2) is 14.9 Å². The summed E-state index contributed by atoms with van der Waals surface area (Å²) in [5.41, 5.74) is -0.457. The number of aromatic nitrogens is 2. The van der Waals surface area contributed by atoms with Crippen molar-refractivity contribution in [2.45, 2.75) is 0 Å². The highest BCUT2D eigenvalue weighted by atomic mass is 35.5. The van der Waals surface area contributed by atoms with Gasteiger partial charge in [0.1, 0.15) is 28.2 Å².